The second kappa shape index (κ2) is 6.50. The summed E-state index contributed by atoms with van der Waals surface area (Å²) in [7, 11) is 0. The summed E-state index contributed by atoms with van der Waals surface area (Å²) in [6.07, 6.45) is 0.581. The number of imide groups is 1. The van der Waals surface area contributed by atoms with Gasteiger partial charge in [0, 0.05) is 28.0 Å². The third kappa shape index (κ3) is 2.45. The second-order valence-corrected chi connectivity index (χ2v) is 9.19. The van der Waals surface area contributed by atoms with Gasteiger partial charge in [0.05, 0.1) is 23.2 Å². The molecule has 3 fully saturated rings. The topological polar surface area (TPSA) is 76.0 Å². The minimum atomic E-state index is -0.382. The molecular formula is C24H19ClN2O4. The summed E-state index contributed by atoms with van der Waals surface area (Å²) >= 11 is 6.41. The fourth-order valence-corrected chi connectivity index (χ4v) is 6.35. The Balaban J connectivity index is 1.34. The number of rotatable bonds is 3. The molecule has 2 heterocycles. The highest BCUT2D eigenvalue weighted by Gasteiger charge is 2.70. The fraction of sp³-hybridized carbons (Fsp3) is 0.333. The number of amides is 2. The van der Waals surface area contributed by atoms with Crippen molar-refractivity contribution in [3.05, 3.63) is 64.7 Å². The molecule has 0 radical (unpaired) electrons. The normalized spacial score (nSPS) is 32.7. The summed E-state index contributed by atoms with van der Waals surface area (Å²) in [6.45, 7) is 1.49. The van der Waals surface area contributed by atoms with Crippen molar-refractivity contribution in [1.82, 2.24) is 0 Å². The van der Waals surface area contributed by atoms with E-state index in [1.807, 2.05) is 24.3 Å². The van der Waals surface area contributed by atoms with Crippen molar-refractivity contribution >= 4 is 40.6 Å². The molecule has 2 aliphatic carbocycles. The van der Waals surface area contributed by atoms with Crippen molar-refractivity contribution in [3.8, 4) is 0 Å². The number of fused-ring (bicyclic) bond motifs is 8. The first-order valence-corrected chi connectivity index (χ1v) is 10.8. The third-order valence-electron chi connectivity index (χ3n) is 7.37. The number of carbonyl (C=O) groups is 3. The van der Waals surface area contributed by atoms with Crippen molar-refractivity contribution in [2.75, 3.05) is 4.90 Å². The molecule has 2 amide bonds. The van der Waals surface area contributed by atoms with Gasteiger partial charge in [-0.15, -0.1) is 0 Å². The standard InChI is InChI=1S/C24H19ClN2O4/c1-11(28)12-6-8-13(9-7-12)27-23(29)18-15-10-16(19(18)24(27)30)22-20(15)21(26-31-22)14-4-2-3-5-17(14)25/h2-9,15-16,18-20,22H,10H2,1H3/t15-,16-,18+,19-,20-,22+/m0/s1. The summed E-state index contributed by atoms with van der Waals surface area (Å²) in [5.41, 5.74) is 2.67. The molecule has 2 aliphatic heterocycles. The number of halogens is 1. The van der Waals surface area contributed by atoms with Crippen LogP contribution in [0.5, 0.6) is 0 Å². The summed E-state index contributed by atoms with van der Waals surface area (Å²) in [6, 6.07) is 14.2. The summed E-state index contributed by atoms with van der Waals surface area (Å²) in [4.78, 5) is 45.4. The smallest absolute Gasteiger partial charge is 0.238 e. The van der Waals surface area contributed by atoms with E-state index in [0.29, 0.717) is 16.3 Å². The van der Waals surface area contributed by atoms with Crippen molar-refractivity contribution in [3.63, 3.8) is 0 Å². The maximum atomic E-state index is 13.4. The summed E-state index contributed by atoms with van der Waals surface area (Å²) < 4.78 is 0. The Morgan fingerprint density at radius 1 is 1.00 bits per heavy atom. The highest BCUT2D eigenvalue weighted by atomic mass is 35.5. The first kappa shape index (κ1) is 18.8. The number of carbonyl (C=O) groups excluding carboxylic acids is 3. The van der Waals surface area contributed by atoms with Crippen LogP contribution in [0.25, 0.3) is 0 Å². The Bertz CT molecular complexity index is 1170. The number of nitrogens with zero attached hydrogens (tertiary/aromatic N) is 2. The number of Topliss-reactive ketones (excluding diaryl/α,β-unsaturated/α-hetero) is 1. The molecule has 6 atom stereocenters. The Labute approximate surface area is 183 Å². The third-order valence-corrected chi connectivity index (χ3v) is 7.70. The lowest BCUT2D eigenvalue weighted by Gasteiger charge is -2.30. The molecule has 2 bridgehead atoms. The fourth-order valence-electron chi connectivity index (χ4n) is 6.12. The van der Waals surface area contributed by atoms with E-state index >= 15 is 0 Å². The Morgan fingerprint density at radius 3 is 2.35 bits per heavy atom. The molecule has 2 aromatic rings. The molecule has 0 N–H and O–H groups in total. The molecule has 0 spiro atoms. The van der Waals surface area contributed by atoms with Crippen molar-refractivity contribution in [1.29, 1.82) is 0 Å². The highest BCUT2D eigenvalue weighted by molar-refractivity contribution is 6.34. The minimum absolute atomic E-state index is 0.00420. The second-order valence-electron chi connectivity index (χ2n) is 8.78. The van der Waals surface area contributed by atoms with Gasteiger partial charge in [-0.05, 0) is 49.6 Å². The predicted octanol–water partition coefficient (Wildman–Crippen LogP) is 3.72. The highest BCUT2D eigenvalue weighted by Crippen LogP contribution is 2.62. The van der Waals surface area contributed by atoms with E-state index in [1.54, 1.807) is 24.3 Å². The monoisotopic (exact) mass is 434 g/mol. The lowest BCUT2D eigenvalue weighted by atomic mass is 9.71. The van der Waals surface area contributed by atoms with Gasteiger partial charge in [-0.1, -0.05) is 35.0 Å². The predicted molar refractivity (Wildman–Crippen MR) is 114 cm³/mol. The van der Waals surface area contributed by atoms with E-state index < -0.39 is 0 Å². The summed E-state index contributed by atoms with van der Waals surface area (Å²) in [5.74, 6) is -1.24. The van der Waals surface area contributed by atoms with Crippen molar-refractivity contribution < 1.29 is 19.2 Å². The van der Waals surface area contributed by atoms with Crippen molar-refractivity contribution in [2.45, 2.75) is 19.4 Å². The maximum absolute atomic E-state index is 13.4. The SMILES string of the molecule is CC(=O)c1ccc(N2C(=O)[C@@H]3[C@@H]4C[C@H]([C@H]5ON=C(c6ccccc6Cl)[C@H]45)[C@@H]3C2=O)cc1. The average Bonchev–Trinajstić information content (AvgIpc) is 3.49. The minimum Gasteiger partial charge on any atom is -0.391 e. The number of ketones is 1. The molecule has 1 saturated heterocycles. The number of oxime groups is 1. The van der Waals surface area contributed by atoms with Crippen LogP contribution >= 0.6 is 11.6 Å². The van der Waals surface area contributed by atoms with Gasteiger partial charge >= 0.3 is 0 Å². The van der Waals surface area contributed by atoms with Gasteiger partial charge < -0.3 is 4.84 Å². The lowest BCUT2D eigenvalue weighted by molar-refractivity contribution is -0.125. The van der Waals surface area contributed by atoms with Crippen LogP contribution in [-0.4, -0.2) is 29.4 Å². The van der Waals surface area contributed by atoms with Crippen LogP contribution in [0.15, 0.2) is 53.7 Å². The number of hydrogen-bond acceptors (Lipinski definition) is 5. The van der Waals surface area contributed by atoms with Crippen LogP contribution in [0.3, 0.4) is 0 Å². The van der Waals surface area contributed by atoms with E-state index in [2.05, 4.69) is 5.16 Å². The first-order valence-electron chi connectivity index (χ1n) is 10.4. The molecule has 6 nitrogen and oxygen atoms in total. The molecule has 156 valence electrons. The zero-order chi connectivity index (χ0) is 21.4. The largest absolute Gasteiger partial charge is 0.391 e. The Kier molecular flexibility index (Phi) is 3.93. The van der Waals surface area contributed by atoms with Crippen LogP contribution in [0, 0.1) is 29.6 Å². The van der Waals surface area contributed by atoms with Gasteiger partial charge in [-0.3, -0.25) is 19.3 Å². The molecule has 6 rings (SSSR count). The van der Waals surface area contributed by atoms with Gasteiger partial charge in [0.2, 0.25) is 11.8 Å². The zero-order valence-corrected chi connectivity index (χ0v) is 17.5. The van der Waals surface area contributed by atoms with E-state index in [1.165, 1.54) is 11.8 Å². The van der Waals surface area contributed by atoms with Gasteiger partial charge in [0.25, 0.3) is 0 Å². The van der Waals surface area contributed by atoms with E-state index in [-0.39, 0.29) is 53.3 Å². The quantitative estimate of drug-likeness (QED) is 0.545. The molecule has 7 heteroatoms. The molecule has 0 unspecified atom stereocenters. The van der Waals surface area contributed by atoms with Gasteiger partial charge in [0.15, 0.2) is 5.78 Å². The molecule has 31 heavy (non-hydrogen) atoms. The van der Waals surface area contributed by atoms with E-state index in [9.17, 15) is 14.4 Å². The zero-order valence-electron chi connectivity index (χ0n) is 16.7. The number of anilines is 1. The van der Waals surface area contributed by atoms with Gasteiger partial charge in [0.1, 0.15) is 6.10 Å². The Hall–Kier alpha value is -2.99. The lowest BCUT2D eigenvalue weighted by Crippen LogP contribution is -2.41. The molecule has 2 saturated carbocycles. The first-order chi connectivity index (χ1) is 15.0. The van der Waals surface area contributed by atoms with Crippen LogP contribution in [0.4, 0.5) is 5.69 Å². The van der Waals surface area contributed by atoms with Crippen LogP contribution in [0.1, 0.15) is 29.3 Å². The maximum Gasteiger partial charge on any atom is 0.238 e. The van der Waals surface area contributed by atoms with E-state index in [4.69, 9.17) is 16.4 Å². The molecular weight excluding hydrogens is 416 g/mol. The molecule has 2 aromatic carbocycles. The van der Waals surface area contributed by atoms with E-state index in [0.717, 1.165) is 17.7 Å². The van der Waals surface area contributed by atoms with Gasteiger partial charge in [-0.25, -0.2) is 0 Å². The number of hydrogen-bond donors (Lipinski definition) is 0. The van der Waals surface area contributed by atoms with Crippen LogP contribution in [0.2, 0.25) is 5.02 Å². The Morgan fingerprint density at radius 2 is 1.68 bits per heavy atom. The summed E-state index contributed by atoms with van der Waals surface area (Å²) in [5, 5.41) is 4.94. The van der Waals surface area contributed by atoms with Crippen LogP contribution in [-0.2, 0) is 14.4 Å². The van der Waals surface area contributed by atoms with Gasteiger partial charge in [-0.2, -0.15) is 0 Å². The average molecular weight is 435 g/mol. The molecule has 0 aromatic heterocycles. The number of benzene rings is 2. The van der Waals surface area contributed by atoms with Crippen LogP contribution < -0.4 is 4.90 Å². The van der Waals surface area contributed by atoms with Crippen molar-refractivity contribution in [2.24, 2.45) is 34.7 Å². The molecule has 4 aliphatic rings.